The summed E-state index contributed by atoms with van der Waals surface area (Å²) < 4.78 is 22.6. The van der Waals surface area contributed by atoms with Crippen molar-refractivity contribution >= 4 is 9.84 Å². The minimum atomic E-state index is -2.88. The number of nitrogens with zero attached hydrogens (tertiary/aromatic N) is 1. The monoisotopic (exact) mass is 203 g/mol. The van der Waals surface area contributed by atoms with E-state index in [1.807, 2.05) is 18.9 Å². The van der Waals surface area contributed by atoms with E-state index in [9.17, 15) is 8.42 Å². The molecule has 1 aliphatic heterocycles. The molecule has 1 saturated heterocycles. The second-order valence-corrected chi connectivity index (χ2v) is 6.04. The van der Waals surface area contributed by atoms with E-state index in [1.54, 1.807) is 0 Å². The predicted molar refractivity (Wildman–Crippen MR) is 54.2 cm³/mol. The molecule has 1 fully saturated rings. The predicted octanol–water partition coefficient (Wildman–Crippen LogP) is 1.03. The van der Waals surface area contributed by atoms with E-state index in [-0.39, 0.29) is 5.25 Å². The highest BCUT2D eigenvalue weighted by atomic mass is 32.2. The lowest BCUT2D eigenvalue weighted by Crippen LogP contribution is -2.21. The summed E-state index contributed by atoms with van der Waals surface area (Å²) in [7, 11) is -0.938. The zero-order valence-corrected chi connectivity index (χ0v) is 9.26. The maximum atomic E-state index is 11.3. The highest BCUT2D eigenvalue weighted by Crippen LogP contribution is 2.33. The van der Waals surface area contributed by atoms with Crippen LogP contribution in [0.3, 0.4) is 0 Å². The molecular weight excluding hydrogens is 186 g/mol. The number of hydrogen-bond donors (Lipinski definition) is 0. The third-order valence-corrected chi connectivity index (χ3v) is 4.52. The first-order valence-electron chi connectivity index (χ1n) is 4.48. The van der Waals surface area contributed by atoms with Gasteiger partial charge < -0.3 is 4.90 Å². The van der Waals surface area contributed by atoms with E-state index in [2.05, 4.69) is 6.58 Å². The molecule has 0 aromatic carbocycles. The molecule has 0 amide bonds. The van der Waals surface area contributed by atoms with Crippen LogP contribution in [-0.2, 0) is 9.84 Å². The fourth-order valence-corrected chi connectivity index (χ4v) is 2.73. The van der Waals surface area contributed by atoms with Crippen LogP contribution in [-0.4, -0.2) is 37.9 Å². The molecule has 76 valence electrons. The van der Waals surface area contributed by atoms with Crippen LogP contribution >= 0.6 is 0 Å². The Bertz CT molecular complexity index is 308. The Balaban J connectivity index is 2.57. The Morgan fingerprint density at radius 2 is 2.08 bits per heavy atom. The zero-order valence-electron chi connectivity index (χ0n) is 8.45. The molecule has 0 radical (unpaired) electrons. The Hall–Kier alpha value is -0.510. The van der Waals surface area contributed by atoms with Gasteiger partial charge in [-0.2, -0.15) is 0 Å². The molecule has 1 heterocycles. The number of hydrogen-bond acceptors (Lipinski definition) is 3. The third-order valence-electron chi connectivity index (χ3n) is 2.78. The van der Waals surface area contributed by atoms with Gasteiger partial charge in [0.05, 0.1) is 11.3 Å². The Morgan fingerprint density at radius 3 is 2.31 bits per heavy atom. The van der Waals surface area contributed by atoms with Crippen molar-refractivity contribution in [1.29, 1.82) is 0 Å². The van der Waals surface area contributed by atoms with Gasteiger partial charge in [0.15, 0.2) is 0 Å². The molecule has 1 rings (SSSR count). The van der Waals surface area contributed by atoms with Crippen LogP contribution in [0.5, 0.6) is 0 Å². The van der Waals surface area contributed by atoms with Gasteiger partial charge in [-0.15, -0.1) is 0 Å². The molecule has 0 saturated carbocycles. The van der Waals surface area contributed by atoms with Gasteiger partial charge in [0.25, 0.3) is 0 Å². The smallest absolute Gasteiger partial charge is 0.150 e. The lowest BCUT2D eigenvalue weighted by atomic mass is 10.2. The second-order valence-electron chi connectivity index (χ2n) is 3.71. The molecule has 0 aromatic rings. The minimum Gasteiger partial charge on any atom is -0.368 e. The van der Waals surface area contributed by atoms with E-state index in [0.29, 0.717) is 18.9 Å². The standard InChI is InChI=1S/C9H17NO2S/c1-5-8(13(4,11)12)6-9-7(2)10(9)3/h8-9H,2,5-6H2,1,3-4H3. The molecule has 4 heteroatoms. The van der Waals surface area contributed by atoms with E-state index in [0.717, 1.165) is 5.70 Å². The molecule has 0 aliphatic carbocycles. The Labute approximate surface area is 80.3 Å². The summed E-state index contributed by atoms with van der Waals surface area (Å²) in [6.45, 7) is 5.74. The quantitative estimate of drug-likeness (QED) is 0.640. The van der Waals surface area contributed by atoms with Gasteiger partial charge in [-0.25, -0.2) is 8.42 Å². The molecule has 0 aromatic heterocycles. The van der Waals surface area contributed by atoms with Crippen molar-refractivity contribution in [3.8, 4) is 0 Å². The molecule has 2 unspecified atom stereocenters. The number of rotatable bonds is 4. The van der Waals surface area contributed by atoms with Crippen LogP contribution in [0.4, 0.5) is 0 Å². The first kappa shape index (κ1) is 10.6. The summed E-state index contributed by atoms with van der Waals surface area (Å²) in [4.78, 5) is 2.02. The molecule has 0 spiro atoms. The van der Waals surface area contributed by atoms with Crippen LogP contribution in [0.15, 0.2) is 12.3 Å². The highest BCUT2D eigenvalue weighted by molar-refractivity contribution is 7.91. The lowest BCUT2D eigenvalue weighted by molar-refractivity contribution is 0.540. The largest absolute Gasteiger partial charge is 0.368 e. The lowest BCUT2D eigenvalue weighted by Gasteiger charge is -2.10. The van der Waals surface area contributed by atoms with Crippen molar-refractivity contribution in [3.63, 3.8) is 0 Å². The molecule has 0 N–H and O–H groups in total. The van der Waals surface area contributed by atoms with Gasteiger partial charge in [0.2, 0.25) is 0 Å². The van der Waals surface area contributed by atoms with Gasteiger partial charge in [0, 0.05) is 19.0 Å². The number of sulfone groups is 1. The van der Waals surface area contributed by atoms with Crippen LogP contribution in [0.25, 0.3) is 0 Å². The summed E-state index contributed by atoms with van der Waals surface area (Å²) >= 11 is 0. The first-order valence-corrected chi connectivity index (χ1v) is 6.43. The minimum absolute atomic E-state index is 0.209. The molecule has 2 atom stereocenters. The van der Waals surface area contributed by atoms with Gasteiger partial charge in [-0.05, 0) is 12.8 Å². The summed E-state index contributed by atoms with van der Waals surface area (Å²) in [5, 5.41) is -0.209. The van der Waals surface area contributed by atoms with Crippen molar-refractivity contribution in [2.24, 2.45) is 0 Å². The van der Waals surface area contributed by atoms with E-state index in [4.69, 9.17) is 0 Å². The van der Waals surface area contributed by atoms with Crippen molar-refractivity contribution in [2.75, 3.05) is 13.3 Å². The van der Waals surface area contributed by atoms with Crippen LogP contribution in [0.2, 0.25) is 0 Å². The van der Waals surface area contributed by atoms with Gasteiger partial charge in [0.1, 0.15) is 9.84 Å². The normalized spacial score (nSPS) is 24.7. The van der Waals surface area contributed by atoms with E-state index >= 15 is 0 Å². The molecule has 0 bridgehead atoms. The fourth-order valence-electron chi connectivity index (χ4n) is 1.59. The van der Waals surface area contributed by atoms with Crippen molar-refractivity contribution in [1.82, 2.24) is 4.90 Å². The summed E-state index contributed by atoms with van der Waals surface area (Å²) in [5.41, 5.74) is 1.06. The molecule has 13 heavy (non-hydrogen) atoms. The average molecular weight is 203 g/mol. The topological polar surface area (TPSA) is 37.1 Å². The van der Waals surface area contributed by atoms with Gasteiger partial charge >= 0.3 is 0 Å². The first-order chi connectivity index (χ1) is 5.88. The van der Waals surface area contributed by atoms with Crippen molar-refractivity contribution < 1.29 is 8.42 Å². The number of likely N-dealkylation sites (N-methyl/N-ethyl adjacent to an activating group) is 1. The van der Waals surface area contributed by atoms with Crippen LogP contribution in [0.1, 0.15) is 19.8 Å². The summed E-state index contributed by atoms with van der Waals surface area (Å²) in [6.07, 6.45) is 2.70. The van der Waals surface area contributed by atoms with Crippen LogP contribution in [0, 0.1) is 0 Å². The fraction of sp³-hybridized carbons (Fsp3) is 0.778. The van der Waals surface area contributed by atoms with Crippen molar-refractivity contribution in [3.05, 3.63) is 12.3 Å². The maximum absolute atomic E-state index is 11.3. The van der Waals surface area contributed by atoms with Gasteiger partial charge in [-0.3, -0.25) is 0 Å². The van der Waals surface area contributed by atoms with E-state index in [1.165, 1.54) is 6.26 Å². The maximum Gasteiger partial charge on any atom is 0.150 e. The highest BCUT2D eigenvalue weighted by Gasteiger charge is 2.38. The molecule has 3 nitrogen and oxygen atoms in total. The van der Waals surface area contributed by atoms with Crippen LogP contribution < -0.4 is 0 Å². The van der Waals surface area contributed by atoms with Crippen molar-refractivity contribution in [2.45, 2.75) is 31.1 Å². The molecular formula is C9H17NO2S. The third kappa shape index (κ3) is 2.24. The Kier molecular flexibility index (Phi) is 2.71. The summed E-state index contributed by atoms with van der Waals surface area (Å²) in [5.74, 6) is 0. The SMILES string of the molecule is C=C1C(CC(CC)S(C)(=O)=O)N1C. The average Bonchev–Trinajstić information content (AvgIpc) is 2.54. The molecule has 1 aliphatic rings. The Morgan fingerprint density at radius 1 is 1.62 bits per heavy atom. The second kappa shape index (κ2) is 3.33. The van der Waals surface area contributed by atoms with E-state index < -0.39 is 9.84 Å². The zero-order chi connectivity index (χ0) is 10.2. The van der Waals surface area contributed by atoms with Gasteiger partial charge in [-0.1, -0.05) is 13.5 Å². The summed E-state index contributed by atoms with van der Waals surface area (Å²) in [6, 6.07) is 0.291.